The van der Waals surface area contributed by atoms with Crippen LogP contribution in [-0.2, 0) is 0 Å². The first-order valence-corrected chi connectivity index (χ1v) is 2.63. The van der Waals surface area contributed by atoms with E-state index in [1.807, 2.05) is 0 Å². The average Bonchev–Trinajstić information content (AvgIpc) is 2.14. The summed E-state index contributed by atoms with van der Waals surface area (Å²) in [7, 11) is 3.42. The van der Waals surface area contributed by atoms with Crippen LogP contribution in [0.3, 0.4) is 0 Å². The third-order valence-electron chi connectivity index (χ3n) is 1.27. The number of aromatic nitrogens is 2. The predicted molar refractivity (Wildman–Crippen MR) is 34.4 cm³/mol. The van der Waals surface area contributed by atoms with Crippen LogP contribution in [0.4, 0.5) is 5.69 Å². The van der Waals surface area contributed by atoms with Crippen molar-refractivity contribution in [2.75, 3.05) is 0 Å². The Morgan fingerprint density at radius 3 is 2.70 bits per heavy atom. The average molecular weight is 140 g/mol. The Morgan fingerprint density at radius 2 is 2.50 bits per heavy atom. The Hall–Kier alpha value is -1.39. The molecule has 0 saturated carbocycles. The summed E-state index contributed by atoms with van der Waals surface area (Å²) in [6.07, 6.45) is 1.18. The molecule has 0 aromatic carbocycles. The highest BCUT2D eigenvalue weighted by Crippen LogP contribution is 2.14. The number of rotatable bonds is 1. The van der Waals surface area contributed by atoms with Crippen molar-refractivity contribution in [1.82, 2.24) is 9.78 Å². The van der Waals surface area contributed by atoms with E-state index in [9.17, 15) is 10.1 Å². The lowest BCUT2D eigenvalue weighted by molar-refractivity contribution is -0.385. The molecule has 10 heavy (non-hydrogen) atoms. The quantitative estimate of drug-likeness (QED) is 0.427. The molecule has 0 saturated heterocycles. The highest BCUT2D eigenvalue weighted by Gasteiger charge is 2.13. The van der Waals surface area contributed by atoms with Crippen LogP contribution >= 0.6 is 0 Å². The van der Waals surface area contributed by atoms with Gasteiger partial charge in [0.15, 0.2) is 0 Å². The SMILES string of the molecule is [CH2]n1ncc([N+](=O)[O-])c1C. The third kappa shape index (κ3) is 0.854. The lowest BCUT2D eigenvalue weighted by Gasteiger charge is -1.89. The third-order valence-corrected chi connectivity index (χ3v) is 1.27. The topological polar surface area (TPSA) is 61.0 Å². The van der Waals surface area contributed by atoms with Crippen LogP contribution in [-0.4, -0.2) is 14.7 Å². The summed E-state index contributed by atoms with van der Waals surface area (Å²) >= 11 is 0. The fraction of sp³-hybridized carbons (Fsp3) is 0.200. The van der Waals surface area contributed by atoms with Gasteiger partial charge in [-0.1, -0.05) is 0 Å². The van der Waals surface area contributed by atoms with E-state index in [0.29, 0.717) is 5.69 Å². The van der Waals surface area contributed by atoms with E-state index >= 15 is 0 Å². The second-order valence-electron chi connectivity index (χ2n) is 1.87. The summed E-state index contributed by atoms with van der Waals surface area (Å²) in [5.74, 6) is 0. The Bertz CT molecular complexity index is 266. The fourth-order valence-electron chi connectivity index (χ4n) is 0.616. The van der Waals surface area contributed by atoms with Crippen LogP contribution in [0.1, 0.15) is 5.69 Å². The molecule has 0 aliphatic carbocycles. The summed E-state index contributed by atoms with van der Waals surface area (Å²) < 4.78 is 1.22. The van der Waals surface area contributed by atoms with Gasteiger partial charge in [0, 0.05) is 0 Å². The molecule has 5 nitrogen and oxygen atoms in total. The van der Waals surface area contributed by atoms with Crippen LogP contribution in [0.15, 0.2) is 6.20 Å². The Morgan fingerprint density at radius 1 is 1.90 bits per heavy atom. The van der Waals surface area contributed by atoms with Crippen molar-refractivity contribution in [2.45, 2.75) is 6.92 Å². The molecule has 0 atom stereocenters. The minimum atomic E-state index is -0.482. The standard InChI is InChI=1S/C5H6N3O2/c1-4-5(8(9)10)3-6-7(4)2/h3H,2H2,1H3. The normalized spacial score (nSPS) is 9.80. The number of hydrogen-bond donors (Lipinski definition) is 0. The van der Waals surface area contributed by atoms with Gasteiger partial charge in [-0.25, -0.2) is 0 Å². The summed E-state index contributed by atoms with van der Waals surface area (Å²) in [5.41, 5.74) is 0.472. The molecule has 1 heterocycles. The Labute approximate surface area is 57.4 Å². The molecule has 0 fully saturated rings. The van der Waals surface area contributed by atoms with Crippen LogP contribution in [0.5, 0.6) is 0 Å². The number of hydrogen-bond acceptors (Lipinski definition) is 3. The van der Waals surface area contributed by atoms with Gasteiger partial charge in [-0.3, -0.25) is 14.8 Å². The minimum absolute atomic E-state index is 0.00926. The summed E-state index contributed by atoms with van der Waals surface area (Å²) in [5, 5.41) is 13.8. The van der Waals surface area contributed by atoms with Crippen molar-refractivity contribution in [1.29, 1.82) is 0 Å². The predicted octanol–water partition coefficient (Wildman–Crippen LogP) is 0.739. The molecule has 0 unspecified atom stereocenters. The molecule has 0 bridgehead atoms. The van der Waals surface area contributed by atoms with Crippen molar-refractivity contribution in [2.24, 2.45) is 0 Å². The molecular formula is C5H6N3O2. The van der Waals surface area contributed by atoms with Gasteiger partial charge in [-0.2, -0.15) is 5.10 Å². The molecule has 0 N–H and O–H groups in total. The van der Waals surface area contributed by atoms with Gasteiger partial charge in [0.25, 0.3) is 0 Å². The highest BCUT2D eigenvalue weighted by atomic mass is 16.6. The van der Waals surface area contributed by atoms with E-state index in [-0.39, 0.29) is 5.69 Å². The van der Waals surface area contributed by atoms with E-state index in [1.165, 1.54) is 10.9 Å². The first-order valence-electron chi connectivity index (χ1n) is 2.63. The lowest BCUT2D eigenvalue weighted by atomic mass is 10.4. The van der Waals surface area contributed by atoms with E-state index in [1.54, 1.807) is 6.92 Å². The van der Waals surface area contributed by atoms with Crippen molar-refractivity contribution in [3.63, 3.8) is 0 Å². The van der Waals surface area contributed by atoms with Crippen molar-refractivity contribution in [3.8, 4) is 0 Å². The second-order valence-corrected chi connectivity index (χ2v) is 1.87. The van der Waals surface area contributed by atoms with Gasteiger partial charge >= 0.3 is 5.69 Å². The summed E-state index contributed by atoms with van der Waals surface area (Å²) in [6, 6.07) is 0. The molecule has 0 amide bonds. The maximum absolute atomic E-state index is 10.2. The first kappa shape index (κ1) is 6.73. The summed E-state index contributed by atoms with van der Waals surface area (Å²) in [4.78, 5) is 9.68. The molecule has 1 aromatic rings. The van der Waals surface area contributed by atoms with E-state index in [4.69, 9.17) is 0 Å². The molecule has 1 aromatic heterocycles. The van der Waals surface area contributed by atoms with Gasteiger partial charge in [0.05, 0.1) is 12.0 Å². The highest BCUT2D eigenvalue weighted by molar-refractivity contribution is 5.31. The summed E-state index contributed by atoms with van der Waals surface area (Å²) in [6.45, 7) is 1.60. The molecule has 0 aliphatic rings. The van der Waals surface area contributed by atoms with Crippen molar-refractivity contribution >= 4 is 5.69 Å². The molecule has 1 radical (unpaired) electrons. The monoisotopic (exact) mass is 140 g/mol. The molecule has 1 rings (SSSR count). The Balaban J connectivity index is 3.17. The van der Waals surface area contributed by atoms with E-state index in [2.05, 4.69) is 12.1 Å². The second kappa shape index (κ2) is 2.09. The van der Waals surface area contributed by atoms with E-state index in [0.717, 1.165) is 0 Å². The van der Waals surface area contributed by atoms with Crippen LogP contribution in [0.2, 0.25) is 0 Å². The van der Waals surface area contributed by atoms with Crippen LogP contribution in [0.25, 0.3) is 0 Å². The maximum Gasteiger partial charge on any atom is 0.309 e. The largest absolute Gasteiger partial charge is 0.309 e. The molecule has 5 heteroatoms. The lowest BCUT2D eigenvalue weighted by Crippen LogP contribution is -1.92. The van der Waals surface area contributed by atoms with Gasteiger partial charge in [-0.05, 0) is 6.92 Å². The molecule has 0 spiro atoms. The van der Waals surface area contributed by atoms with E-state index < -0.39 is 4.92 Å². The van der Waals surface area contributed by atoms with Gasteiger partial charge in [0.1, 0.15) is 11.9 Å². The van der Waals surface area contributed by atoms with Crippen molar-refractivity contribution in [3.05, 3.63) is 29.1 Å². The fourth-order valence-corrected chi connectivity index (χ4v) is 0.616. The minimum Gasteiger partial charge on any atom is -0.261 e. The molecule has 53 valence electrons. The first-order chi connectivity index (χ1) is 4.63. The molecule has 0 aliphatic heterocycles. The zero-order chi connectivity index (χ0) is 7.72. The van der Waals surface area contributed by atoms with Crippen LogP contribution < -0.4 is 0 Å². The number of nitrogens with zero attached hydrogens (tertiary/aromatic N) is 3. The van der Waals surface area contributed by atoms with Gasteiger partial charge in [-0.15, -0.1) is 0 Å². The van der Waals surface area contributed by atoms with Crippen molar-refractivity contribution < 1.29 is 4.92 Å². The molecular weight excluding hydrogens is 134 g/mol. The smallest absolute Gasteiger partial charge is 0.261 e. The zero-order valence-corrected chi connectivity index (χ0v) is 5.44. The van der Waals surface area contributed by atoms with Crippen LogP contribution in [0, 0.1) is 24.1 Å². The van der Waals surface area contributed by atoms with Gasteiger partial charge < -0.3 is 0 Å². The Kier molecular flexibility index (Phi) is 1.41. The van der Waals surface area contributed by atoms with Gasteiger partial charge in [0.2, 0.25) is 0 Å². The maximum atomic E-state index is 10.2. The zero-order valence-electron chi connectivity index (χ0n) is 5.44. The number of nitro groups is 1.